The van der Waals surface area contributed by atoms with Crippen LogP contribution in [0.4, 0.5) is 14.5 Å². The van der Waals surface area contributed by atoms with Gasteiger partial charge in [0, 0.05) is 13.1 Å². The van der Waals surface area contributed by atoms with E-state index in [0.29, 0.717) is 12.1 Å². The number of aryl methyl sites for hydroxylation is 3. The molecule has 2 rings (SSSR count). The molecule has 0 unspecified atom stereocenters. The highest BCUT2D eigenvalue weighted by Crippen LogP contribution is 2.22. The van der Waals surface area contributed by atoms with Gasteiger partial charge in [0.1, 0.15) is 16.3 Å². The summed E-state index contributed by atoms with van der Waals surface area (Å²) in [5.41, 5.74) is 0.556. The smallest absolute Gasteiger partial charge is 0.262 e. The fourth-order valence-electron chi connectivity index (χ4n) is 2.51. The number of sulfonamides is 1. The molecule has 0 saturated carbocycles. The Balaban J connectivity index is 2.00. The van der Waals surface area contributed by atoms with Crippen molar-refractivity contribution >= 4 is 15.7 Å². The fourth-order valence-corrected chi connectivity index (χ4v) is 3.76. The molecule has 1 N–H and O–H groups in total. The summed E-state index contributed by atoms with van der Waals surface area (Å²) in [6, 6.07) is 0. The predicted octanol–water partition coefficient (Wildman–Crippen LogP) is 1.68. The number of nitrogens with zero attached hydrogens (tertiary/aromatic N) is 5. The maximum absolute atomic E-state index is 12.6. The Morgan fingerprint density at radius 3 is 2.42 bits per heavy atom. The quantitative estimate of drug-likeness (QED) is 0.414. The van der Waals surface area contributed by atoms with Gasteiger partial charge in [0.15, 0.2) is 0 Å². The molecule has 0 fully saturated rings. The first-order chi connectivity index (χ1) is 12.0. The third-order valence-electron chi connectivity index (χ3n) is 3.73. The van der Waals surface area contributed by atoms with Crippen molar-refractivity contribution in [1.82, 2.24) is 24.3 Å². The molecule has 13 heteroatoms. The largest absolute Gasteiger partial charge is 0.333 e. The highest BCUT2D eigenvalue weighted by molar-refractivity contribution is 7.89. The summed E-state index contributed by atoms with van der Waals surface area (Å²) in [7, 11) is -3.99. The molecule has 2 heterocycles. The van der Waals surface area contributed by atoms with Gasteiger partial charge in [0.05, 0.1) is 16.8 Å². The molecule has 0 radical (unpaired) electrons. The molecular weight excluding hydrogens is 374 g/mol. The van der Waals surface area contributed by atoms with Gasteiger partial charge < -0.3 is 0 Å². The number of halogens is 2. The summed E-state index contributed by atoms with van der Waals surface area (Å²) in [4.78, 5) is 10.1. The van der Waals surface area contributed by atoms with Crippen molar-refractivity contribution in [3.8, 4) is 0 Å². The summed E-state index contributed by atoms with van der Waals surface area (Å²) in [6.45, 7) is 1.74. The van der Waals surface area contributed by atoms with Gasteiger partial charge in [0.2, 0.25) is 10.0 Å². The summed E-state index contributed by atoms with van der Waals surface area (Å²) in [5, 5.41) is 18.5. The summed E-state index contributed by atoms with van der Waals surface area (Å²) in [6.07, 6.45) is 1.08. The van der Waals surface area contributed by atoms with Crippen molar-refractivity contribution in [2.24, 2.45) is 0 Å². The Hall–Kier alpha value is -2.41. The zero-order valence-corrected chi connectivity index (χ0v) is 15.1. The Morgan fingerprint density at radius 1 is 1.27 bits per heavy atom. The molecule has 2 aromatic heterocycles. The zero-order chi connectivity index (χ0) is 19.6. The third kappa shape index (κ3) is 4.04. The molecule has 0 aliphatic heterocycles. The molecule has 2 aromatic rings. The van der Waals surface area contributed by atoms with Crippen LogP contribution in [0.25, 0.3) is 0 Å². The van der Waals surface area contributed by atoms with E-state index in [1.165, 1.54) is 18.5 Å². The number of nitro groups is 1. The average molecular weight is 392 g/mol. The average Bonchev–Trinajstić information content (AvgIpc) is 3.04. The monoisotopic (exact) mass is 392 g/mol. The predicted molar refractivity (Wildman–Crippen MR) is 86.4 cm³/mol. The lowest BCUT2D eigenvalue weighted by atomic mass is 10.3. The van der Waals surface area contributed by atoms with Crippen molar-refractivity contribution < 1.29 is 22.1 Å². The molecule has 0 saturated heterocycles. The molecule has 0 aliphatic carbocycles. The highest BCUT2D eigenvalue weighted by Gasteiger charge is 2.23. The number of hydrogen-bond acceptors (Lipinski definition) is 6. The number of alkyl halides is 2. The van der Waals surface area contributed by atoms with Crippen LogP contribution in [-0.2, 0) is 16.6 Å². The minimum absolute atomic E-state index is 0.00772. The van der Waals surface area contributed by atoms with Gasteiger partial charge in [-0.2, -0.15) is 19.0 Å². The van der Waals surface area contributed by atoms with Crippen LogP contribution >= 0.6 is 0 Å². The van der Waals surface area contributed by atoms with Crippen LogP contribution < -0.4 is 4.72 Å². The summed E-state index contributed by atoms with van der Waals surface area (Å²) in [5.74, 6) is 0. The van der Waals surface area contributed by atoms with Crippen LogP contribution in [0.15, 0.2) is 11.1 Å². The number of rotatable bonds is 8. The Morgan fingerprint density at radius 2 is 1.92 bits per heavy atom. The molecule has 26 heavy (non-hydrogen) atoms. The van der Waals surface area contributed by atoms with E-state index < -0.39 is 21.5 Å². The van der Waals surface area contributed by atoms with E-state index in [9.17, 15) is 27.3 Å². The van der Waals surface area contributed by atoms with Gasteiger partial charge in [0.25, 0.3) is 0 Å². The normalized spacial score (nSPS) is 12.1. The van der Waals surface area contributed by atoms with Crippen molar-refractivity contribution in [2.45, 2.75) is 45.2 Å². The van der Waals surface area contributed by atoms with Gasteiger partial charge in [-0.05, 0) is 27.2 Å². The molecule has 10 nitrogen and oxygen atoms in total. The second-order valence-electron chi connectivity index (χ2n) is 5.59. The molecular formula is C13H18F2N6O4S. The Kier molecular flexibility index (Phi) is 5.71. The molecule has 144 valence electrons. The topological polar surface area (TPSA) is 125 Å². The van der Waals surface area contributed by atoms with E-state index in [-0.39, 0.29) is 39.7 Å². The van der Waals surface area contributed by atoms with E-state index in [1.807, 2.05) is 0 Å². The number of nitrogens with one attached hydrogen (secondary N) is 1. The second kappa shape index (κ2) is 7.45. The Bertz CT molecular complexity index is 921. The molecule has 0 spiro atoms. The lowest BCUT2D eigenvalue weighted by molar-refractivity contribution is -0.386. The maximum Gasteiger partial charge on any atom is 0.333 e. The minimum atomic E-state index is -3.99. The van der Waals surface area contributed by atoms with Gasteiger partial charge in [-0.3, -0.25) is 14.8 Å². The fraction of sp³-hybridized carbons (Fsp3) is 0.538. The van der Waals surface area contributed by atoms with Crippen molar-refractivity contribution in [1.29, 1.82) is 0 Å². The first-order valence-corrected chi connectivity index (χ1v) is 9.05. The standard InChI is InChI=1S/C13H18F2N6O4S/c1-8-11(7-20(17-8)13(14)15)26(24,25)16-5-4-6-19-10(3)12(21(22)23)9(2)18-19/h7,13,16H,4-6H2,1-3H3. The lowest BCUT2D eigenvalue weighted by Crippen LogP contribution is -2.26. The molecule has 0 bridgehead atoms. The first-order valence-electron chi connectivity index (χ1n) is 7.56. The van der Waals surface area contributed by atoms with Gasteiger partial charge in [-0.25, -0.2) is 17.8 Å². The lowest BCUT2D eigenvalue weighted by Gasteiger charge is -2.06. The zero-order valence-electron chi connectivity index (χ0n) is 14.3. The van der Waals surface area contributed by atoms with E-state index >= 15 is 0 Å². The second-order valence-corrected chi connectivity index (χ2v) is 7.32. The summed E-state index contributed by atoms with van der Waals surface area (Å²) >= 11 is 0. The SMILES string of the molecule is Cc1nn(C(F)F)cc1S(=O)(=O)NCCCn1nc(C)c([N+](=O)[O-])c1C. The number of hydrogen-bond donors (Lipinski definition) is 1. The van der Waals surface area contributed by atoms with E-state index in [1.54, 1.807) is 6.92 Å². The van der Waals surface area contributed by atoms with E-state index in [0.717, 1.165) is 6.20 Å². The molecule has 0 aromatic carbocycles. The van der Waals surface area contributed by atoms with Crippen molar-refractivity contribution in [3.63, 3.8) is 0 Å². The van der Waals surface area contributed by atoms with Crippen LogP contribution in [0.5, 0.6) is 0 Å². The maximum atomic E-state index is 12.6. The van der Waals surface area contributed by atoms with Crippen molar-refractivity contribution in [3.05, 3.63) is 33.4 Å². The molecule has 0 amide bonds. The molecule has 0 aliphatic rings. The highest BCUT2D eigenvalue weighted by atomic mass is 32.2. The first kappa shape index (κ1) is 19.9. The van der Waals surface area contributed by atoms with Crippen LogP contribution in [0.1, 0.15) is 30.1 Å². The van der Waals surface area contributed by atoms with E-state index in [2.05, 4.69) is 14.9 Å². The third-order valence-corrected chi connectivity index (χ3v) is 5.29. The van der Waals surface area contributed by atoms with Crippen LogP contribution in [0, 0.1) is 30.9 Å². The molecule has 0 atom stereocenters. The van der Waals surface area contributed by atoms with Crippen LogP contribution in [-0.4, -0.2) is 39.4 Å². The minimum Gasteiger partial charge on any atom is -0.262 e. The van der Waals surface area contributed by atoms with E-state index in [4.69, 9.17) is 0 Å². The van der Waals surface area contributed by atoms with Crippen molar-refractivity contribution in [2.75, 3.05) is 6.54 Å². The van der Waals surface area contributed by atoms with Crippen LogP contribution in [0.3, 0.4) is 0 Å². The Labute approximate surface area is 148 Å². The van der Waals surface area contributed by atoms with Gasteiger partial charge in [-0.1, -0.05) is 0 Å². The van der Waals surface area contributed by atoms with Gasteiger partial charge in [-0.15, -0.1) is 0 Å². The summed E-state index contributed by atoms with van der Waals surface area (Å²) < 4.78 is 53.6. The van der Waals surface area contributed by atoms with Crippen LogP contribution in [0.2, 0.25) is 0 Å². The van der Waals surface area contributed by atoms with Gasteiger partial charge >= 0.3 is 12.2 Å². The number of aromatic nitrogens is 4.